The Hall–Kier alpha value is -0.910. The van der Waals surface area contributed by atoms with Crippen molar-refractivity contribution in [1.82, 2.24) is 0 Å². The van der Waals surface area contributed by atoms with E-state index in [1.54, 1.807) is 0 Å². The summed E-state index contributed by atoms with van der Waals surface area (Å²) in [5.41, 5.74) is -0.491. The van der Waals surface area contributed by atoms with Crippen molar-refractivity contribution in [3.05, 3.63) is 11.6 Å². The van der Waals surface area contributed by atoms with Crippen LogP contribution in [0.15, 0.2) is 11.6 Å². The summed E-state index contributed by atoms with van der Waals surface area (Å²) in [7, 11) is 0. The highest BCUT2D eigenvalue weighted by Crippen LogP contribution is 2.69. The van der Waals surface area contributed by atoms with Crippen LogP contribution in [-0.4, -0.2) is 45.2 Å². The number of ether oxygens (including phenoxy) is 1. The molecule has 5 heteroatoms. The zero-order chi connectivity index (χ0) is 25.1. The van der Waals surface area contributed by atoms with Gasteiger partial charge in [0.05, 0.1) is 17.8 Å². The van der Waals surface area contributed by atoms with Gasteiger partial charge in [0.1, 0.15) is 6.10 Å². The van der Waals surface area contributed by atoms with Gasteiger partial charge in [-0.05, 0) is 94.3 Å². The first-order valence-electron chi connectivity index (χ1n) is 13.7. The molecule has 4 aliphatic rings. The quantitative estimate of drug-likeness (QED) is 0.383. The number of carbonyl (C=O) groups is 1. The normalized spacial score (nSPS) is 48.8. The van der Waals surface area contributed by atoms with Crippen molar-refractivity contribution in [1.29, 1.82) is 0 Å². The molecule has 4 saturated carbocycles. The van der Waals surface area contributed by atoms with E-state index in [0.29, 0.717) is 37.0 Å². The highest BCUT2D eigenvalue weighted by atomic mass is 16.5. The van der Waals surface area contributed by atoms with E-state index >= 15 is 0 Å². The molecule has 0 saturated heterocycles. The Labute approximate surface area is 206 Å². The van der Waals surface area contributed by atoms with Crippen molar-refractivity contribution >= 4 is 5.97 Å². The Morgan fingerprint density at radius 3 is 2.47 bits per heavy atom. The van der Waals surface area contributed by atoms with Gasteiger partial charge in [0.2, 0.25) is 0 Å². The third-order valence-corrected chi connectivity index (χ3v) is 11.0. The number of hydrogen-bond acceptors (Lipinski definition) is 5. The molecule has 11 unspecified atom stereocenters. The number of esters is 1. The molecule has 0 heterocycles. The van der Waals surface area contributed by atoms with Gasteiger partial charge in [-0.2, -0.15) is 0 Å². The lowest BCUT2D eigenvalue weighted by atomic mass is 9.41. The number of aliphatic hydroxyl groups is 3. The fraction of sp³-hybridized carbons (Fsp3) is 0.897. The fourth-order valence-electron chi connectivity index (χ4n) is 9.48. The molecule has 4 aliphatic carbocycles. The molecule has 0 aliphatic heterocycles. The monoisotopic (exact) mass is 476 g/mol. The van der Waals surface area contributed by atoms with E-state index in [2.05, 4.69) is 40.7 Å². The third kappa shape index (κ3) is 4.08. The van der Waals surface area contributed by atoms with Crippen molar-refractivity contribution in [2.75, 3.05) is 0 Å². The molecule has 5 nitrogen and oxygen atoms in total. The molecule has 0 aromatic rings. The van der Waals surface area contributed by atoms with Gasteiger partial charge >= 0.3 is 5.97 Å². The van der Waals surface area contributed by atoms with E-state index in [0.717, 1.165) is 19.3 Å². The molecule has 0 bridgehead atoms. The van der Waals surface area contributed by atoms with Crippen molar-refractivity contribution in [2.45, 2.75) is 123 Å². The van der Waals surface area contributed by atoms with Crippen LogP contribution in [0.4, 0.5) is 0 Å². The number of hydrogen-bond donors (Lipinski definition) is 3. The first kappa shape index (κ1) is 26.2. The van der Waals surface area contributed by atoms with Crippen LogP contribution < -0.4 is 0 Å². The summed E-state index contributed by atoms with van der Waals surface area (Å²) in [6.45, 7) is 12.7. The van der Waals surface area contributed by atoms with Crippen LogP contribution in [0.5, 0.6) is 0 Å². The van der Waals surface area contributed by atoms with E-state index in [1.165, 1.54) is 25.3 Å². The Balaban J connectivity index is 1.68. The predicted octanol–water partition coefficient (Wildman–Crippen LogP) is 5.02. The Bertz CT molecular complexity index is 804. The molecule has 0 aromatic carbocycles. The second-order valence-electron chi connectivity index (χ2n) is 13.2. The number of rotatable bonds is 5. The van der Waals surface area contributed by atoms with E-state index < -0.39 is 23.2 Å². The summed E-state index contributed by atoms with van der Waals surface area (Å²) in [5.74, 6) is 1.59. The van der Waals surface area contributed by atoms with Gasteiger partial charge < -0.3 is 20.1 Å². The Morgan fingerprint density at radius 1 is 1.12 bits per heavy atom. The molecule has 0 radical (unpaired) electrons. The van der Waals surface area contributed by atoms with E-state index in [-0.39, 0.29) is 35.7 Å². The largest absolute Gasteiger partial charge is 0.462 e. The summed E-state index contributed by atoms with van der Waals surface area (Å²) < 4.78 is 6.09. The fourth-order valence-corrected chi connectivity index (χ4v) is 9.48. The summed E-state index contributed by atoms with van der Waals surface area (Å²) in [6, 6.07) is 0. The average molecular weight is 477 g/mol. The first-order chi connectivity index (χ1) is 15.8. The van der Waals surface area contributed by atoms with E-state index in [9.17, 15) is 20.1 Å². The Morgan fingerprint density at radius 2 is 1.82 bits per heavy atom. The standard InChI is InChI=1S/C29H48O5/c1-17(2)8-7-9-18(3)22-10-11-23-21-14-25(32)29(33)15-20(31)12-13-28(29,6)26(21)24(34-19(4)30)16-27(22,23)5/h8,18,20-26,31-33H,7,9-16H2,1-6H3. The molecule has 4 fully saturated rings. The molecule has 3 N–H and O–H groups in total. The van der Waals surface area contributed by atoms with Crippen LogP contribution in [0, 0.1) is 40.4 Å². The van der Waals surface area contributed by atoms with Gasteiger partial charge in [0.25, 0.3) is 0 Å². The van der Waals surface area contributed by atoms with Crippen LogP contribution in [0.1, 0.15) is 99.3 Å². The van der Waals surface area contributed by atoms with Crippen LogP contribution >= 0.6 is 0 Å². The van der Waals surface area contributed by atoms with Crippen LogP contribution in [0.3, 0.4) is 0 Å². The zero-order valence-electron chi connectivity index (χ0n) is 22.2. The SMILES string of the molecule is CC(=O)OC1CC2(C)C(C(C)CCC=C(C)C)CCC2C2CC(O)C3(O)CC(O)CCC3(C)C12. The van der Waals surface area contributed by atoms with Gasteiger partial charge in [-0.15, -0.1) is 0 Å². The van der Waals surface area contributed by atoms with Crippen LogP contribution in [0.25, 0.3) is 0 Å². The van der Waals surface area contributed by atoms with Crippen molar-refractivity contribution in [3.8, 4) is 0 Å². The Kier molecular flexibility index (Phi) is 7.07. The maximum atomic E-state index is 12.3. The minimum atomic E-state index is -1.34. The summed E-state index contributed by atoms with van der Waals surface area (Å²) >= 11 is 0. The molecule has 11 atom stereocenters. The summed E-state index contributed by atoms with van der Waals surface area (Å²) in [5, 5.41) is 33.5. The molecule has 0 amide bonds. The number of fused-ring (bicyclic) bond motifs is 5. The number of aliphatic hydroxyl groups excluding tert-OH is 2. The lowest BCUT2D eigenvalue weighted by molar-refractivity contribution is -0.284. The van der Waals surface area contributed by atoms with Gasteiger partial charge in [-0.25, -0.2) is 0 Å². The molecule has 0 spiro atoms. The van der Waals surface area contributed by atoms with Crippen LogP contribution in [-0.2, 0) is 9.53 Å². The maximum Gasteiger partial charge on any atom is 0.302 e. The highest BCUT2D eigenvalue weighted by Gasteiger charge is 2.70. The first-order valence-corrected chi connectivity index (χ1v) is 13.7. The summed E-state index contributed by atoms with van der Waals surface area (Å²) in [6.07, 6.45) is 8.05. The average Bonchev–Trinajstić information content (AvgIpc) is 3.06. The lowest BCUT2D eigenvalue weighted by Crippen LogP contribution is -2.71. The second kappa shape index (κ2) is 9.19. The second-order valence-corrected chi connectivity index (χ2v) is 13.2. The smallest absolute Gasteiger partial charge is 0.302 e. The van der Waals surface area contributed by atoms with Gasteiger partial charge in [-0.3, -0.25) is 4.79 Å². The van der Waals surface area contributed by atoms with Crippen molar-refractivity contribution < 1.29 is 24.9 Å². The molecule has 4 rings (SSSR count). The zero-order valence-corrected chi connectivity index (χ0v) is 22.2. The molecule has 194 valence electrons. The third-order valence-electron chi connectivity index (χ3n) is 11.0. The number of carbonyl (C=O) groups excluding carboxylic acids is 1. The van der Waals surface area contributed by atoms with Crippen molar-refractivity contribution in [2.24, 2.45) is 40.4 Å². The molecular weight excluding hydrogens is 428 g/mol. The lowest BCUT2D eigenvalue weighted by Gasteiger charge is -2.66. The number of allylic oxidation sites excluding steroid dienone is 2. The maximum absolute atomic E-state index is 12.3. The van der Waals surface area contributed by atoms with Crippen molar-refractivity contribution in [3.63, 3.8) is 0 Å². The highest BCUT2D eigenvalue weighted by molar-refractivity contribution is 5.66. The van der Waals surface area contributed by atoms with Crippen LogP contribution in [0.2, 0.25) is 0 Å². The molecular formula is C29H48O5. The molecule has 34 heavy (non-hydrogen) atoms. The van der Waals surface area contributed by atoms with Gasteiger partial charge in [0.15, 0.2) is 0 Å². The minimum Gasteiger partial charge on any atom is -0.462 e. The topological polar surface area (TPSA) is 87.0 Å². The molecule has 0 aromatic heterocycles. The van der Waals surface area contributed by atoms with Gasteiger partial charge in [-0.1, -0.05) is 32.4 Å². The minimum absolute atomic E-state index is 0.00936. The summed E-state index contributed by atoms with van der Waals surface area (Å²) in [4.78, 5) is 12.3. The van der Waals surface area contributed by atoms with Gasteiger partial charge in [0, 0.05) is 24.7 Å². The van der Waals surface area contributed by atoms with E-state index in [1.807, 2.05) is 0 Å². The predicted molar refractivity (Wildman–Crippen MR) is 133 cm³/mol. The van der Waals surface area contributed by atoms with E-state index in [4.69, 9.17) is 4.74 Å².